The number of amides is 1. The SMILES string of the molecule is Cc1ccc(Sc2ccccc2CCCNC(=O)OC(C)(C)C)c(C)c1. The Balaban J connectivity index is 1.91. The number of alkyl carbamates (subject to hydrolysis) is 1. The van der Waals surface area contributed by atoms with Gasteiger partial charge in [-0.2, -0.15) is 0 Å². The minimum Gasteiger partial charge on any atom is -0.444 e. The van der Waals surface area contributed by atoms with Gasteiger partial charge in [0.05, 0.1) is 0 Å². The molecule has 3 nitrogen and oxygen atoms in total. The molecule has 0 radical (unpaired) electrons. The molecule has 26 heavy (non-hydrogen) atoms. The van der Waals surface area contributed by atoms with Crippen LogP contribution in [0, 0.1) is 13.8 Å². The predicted octanol–water partition coefficient (Wildman–Crippen LogP) is 5.91. The lowest BCUT2D eigenvalue weighted by atomic mass is 10.1. The highest BCUT2D eigenvalue weighted by molar-refractivity contribution is 7.99. The van der Waals surface area contributed by atoms with Gasteiger partial charge in [-0.1, -0.05) is 47.7 Å². The predicted molar refractivity (Wildman–Crippen MR) is 109 cm³/mol. The number of ether oxygens (including phenoxy) is 1. The lowest BCUT2D eigenvalue weighted by Gasteiger charge is -2.19. The van der Waals surface area contributed by atoms with Crippen molar-refractivity contribution in [1.82, 2.24) is 5.32 Å². The Morgan fingerprint density at radius 3 is 2.50 bits per heavy atom. The molecule has 0 unspecified atom stereocenters. The van der Waals surface area contributed by atoms with E-state index in [4.69, 9.17) is 4.74 Å². The van der Waals surface area contributed by atoms with Crippen LogP contribution < -0.4 is 5.32 Å². The van der Waals surface area contributed by atoms with E-state index in [-0.39, 0.29) is 6.09 Å². The molecule has 0 aliphatic carbocycles. The third kappa shape index (κ3) is 6.75. The first-order valence-electron chi connectivity index (χ1n) is 9.04. The van der Waals surface area contributed by atoms with Crippen molar-refractivity contribution in [1.29, 1.82) is 0 Å². The molecule has 1 N–H and O–H groups in total. The molecule has 0 saturated heterocycles. The summed E-state index contributed by atoms with van der Waals surface area (Å²) >= 11 is 1.81. The van der Waals surface area contributed by atoms with E-state index in [2.05, 4.69) is 61.6 Å². The summed E-state index contributed by atoms with van der Waals surface area (Å²) in [6.45, 7) is 10.5. The maximum Gasteiger partial charge on any atom is 0.407 e. The minimum absolute atomic E-state index is 0.351. The van der Waals surface area contributed by atoms with Crippen LogP contribution in [-0.2, 0) is 11.2 Å². The molecule has 0 bridgehead atoms. The van der Waals surface area contributed by atoms with Gasteiger partial charge in [-0.3, -0.25) is 0 Å². The Labute approximate surface area is 161 Å². The lowest BCUT2D eigenvalue weighted by molar-refractivity contribution is 0.0527. The van der Waals surface area contributed by atoms with E-state index in [9.17, 15) is 4.79 Å². The Bertz CT molecular complexity index is 750. The summed E-state index contributed by atoms with van der Waals surface area (Å²) in [4.78, 5) is 14.3. The Morgan fingerprint density at radius 1 is 1.08 bits per heavy atom. The molecule has 0 heterocycles. The molecule has 2 aromatic carbocycles. The van der Waals surface area contributed by atoms with E-state index in [1.807, 2.05) is 32.5 Å². The molecule has 140 valence electrons. The number of carbonyl (C=O) groups excluding carboxylic acids is 1. The van der Waals surface area contributed by atoms with Gasteiger partial charge in [-0.15, -0.1) is 0 Å². The van der Waals surface area contributed by atoms with E-state index < -0.39 is 5.60 Å². The zero-order chi connectivity index (χ0) is 19.2. The van der Waals surface area contributed by atoms with Crippen LogP contribution in [0.3, 0.4) is 0 Å². The van der Waals surface area contributed by atoms with Crippen molar-refractivity contribution < 1.29 is 9.53 Å². The zero-order valence-corrected chi connectivity index (χ0v) is 17.2. The molecule has 0 aliphatic rings. The highest BCUT2D eigenvalue weighted by Crippen LogP contribution is 2.33. The van der Waals surface area contributed by atoms with Gasteiger partial charge in [0.1, 0.15) is 5.60 Å². The standard InChI is InChI=1S/C22H29NO2S/c1-16-12-13-19(17(2)15-16)26-20-11-7-6-9-18(20)10-8-14-23-21(24)25-22(3,4)5/h6-7,9,11-13,15H,8,10,14H2,1-5H3,(H,23,24). The molecule has 0 atom stereocenters. The van der Waals surface area contributed by atoms with Gasteiger partial charge in [0.2, 0.25) is 0 Å². The Kier molecular flexibility index (Phi) is 7.15. The molecule has 2 rings (SSSR count). The molecule has 0 aliphatic heterocycles. The quantitative estimate of drug-likeness (QED) is 0.641. The smallest absolute Gasteiger partial charge is 0.407 e. The second-order valence-corrected chi connectivity index (χ2v) is 8.59. The molecule has 4 heteroatoms. The van der Waals surface area contributed by atoms with Crippen molar-refractivity contribution in [3.8, 4) is 0 Å². The van der Waals surface area contributed by atoms with Crippen molar-refractivity contribution in [2.45, 2.75) is 62.9 Å². The fourth-order valence-corrected chi connectivity index (χ4v) is 3.67. The molecule has 0 aromatic heterocycles. The van der Waals surface area contributed by atoms with Crippen LogP contribution in [0.5, 0.6) is 0 Å². The van der Waals surface area contributed by atoms with Gasteiger partial charge in [0.15, 0.2) is 0 Å². The monoisotopic (exact) mass is 371 g/mol. The lowest BCUT2D eigenvalue weighted by Crippen LogP contribution is -2.33. The Morgan fingerprint density at radius 2 is 1.81 bits per heavy atom. The second kappa shape index (κ2) is 9.13. The normalized spacial score (nSPS) is 11.3. The van der Waals surface area contributed by atoms with Gasteiger partial charge in [-0.25, -0.2) is 4.79 Å². The van der Waals surface area contributed by atoms with Crippen molar-refractivity contribution in [3.63, 3.8) is 0 Å². The third-order valence-electron chi connectivity index (χ3n) is 3.81. The maximum absolute atomic E-state index is 11.7. The fourth-order valence-electron chi connectivity index (χ4n) is 2.63. The van der Waals surface area contributed by atoms with Crippen molar-refractivity contribution in [2.24, 2.45) is 0 Å². The third-order valence-corrected chi connectivity index (χ3v) is 5.11. The van der Waals surface area contributed by atoms with E-state index in [1.54, 1.807) is 0 Å². The second-order valence-electron chi connectivity index (χ2n) is 7.51. The number of nitrogens with one attached hydrogen (secondary N) is 1. The molecule has 0 spiro atoms. The van der Waals surface area contributed by atoms with Crippen molar-refractivity contribution >= 4 is 17.9 Å². The van der Waals surface area contributed by atoms with E-state index >= 15 is 0 Å². The van der Waals surface area contributed by atoms with Gasteiger partial charge in [0, 0.05) is 16.3 Å². The van der Waals surface area contributed by atoms with Crippen LogP contribution in [0.4, 0.5) is 4.79 Å². The summed E-state index contributed by atoms with van der Waals surface area (Å²) in [5.41, 5.74) is 3.44. The van der Waals surface area contributed by atoms with E-state index in [1.165, 1.54) is 26.5 Å². The van der Waals surface area contributed by atoms with Crippen LogP contribution in [0.25, 0.3) is 0 Å². The average Bonchev–Trinajstić information content (AvgIpc) is 2.54. The van der Waals surface area contributed by atoms with Gasteiger partial charge < -0.3 is 10.1 Å². The first-order chi connectivity index (χ1) is 12.2. The van der Waals surface area contributed by atoms with Gasteiger partial charge in [0.25, 0.3) is 0 Å². The van der Waals surface area contributed by atoms with Crippen LogP contribution in [0.1, 0.15) is 43.9 Å². The summed E-state index contributed by atoms with van der Waals surface area (Å²) in [6.07, 6.45) is 1.45. The maximum atomic E-state index is 11.7. The van der Waals surface area contributed by atoms with E-state index in [0.29, 0.717) is 6.54 Å². The zero-order valence-electron chi connectivity index (χ0n) is 16.4. The number of hydrogen-bond acceptors (Lipinski definition) is 3. The van der Waals surface area contributed by atoms with Crippen LogP contribution >= 0.6 is 11.8 Å². The Hall–Kier alpha value is -1.94. The summed E-state index contributed by atoms with van der Waals surface area (Å²) in [5.74, 6) is 0. The molecular weight excluding hydrogens is 342 g/mol. The number of benzene rings is 2. The highest BCUT2D eigenvalue weighted by atomic mass is 32.2. The van der Waals surface area contributed by atoms with Crippen LogP contribution in [0.15, 0.2) is 52.3 Å². The summed E-state index contributed by atoms with van der Waals surface area (Å²) in [6, 6.07) is 15.0. The first kappa shape index (κ1) is 20.4. The molecule has 2 aromatic rings. The number of carbonyl (C=O) groups is 1. The van der Waals surface area contributed by atoms with Crippen molar-refractivity contribution in [3.05, 3.63) is 59.2 Å². The molecular formula is C22H29NO2S. The van der Waals surface area contributed by atoms with Crippen LogP contribution in [0.2, 0.25) is 0 Å². The van der Waals surface area contributed by atoms with Crippen LogP contribution in [-0.4, -0.2) is 18.2 Å². The summed E-state index contributed by atoms with van der Waals surface area (Å²) in [7, 11) is 0. The fraction of sp³-hybridized carbons (Fsp3) is 0.409. The first-order valence-corrected chi connectivity index (χ1v) is 9.86. The van der Waals surface area contributed by atoms with Gasteiger partial charge in [-0.05, 0) is 70.7 Å². The largest absolute Gasteiger partial charge is 0.444 e. The van der Waals surface area contributed by atoms with Crippen molar-refractivity contribution in [2.75, 3.05) is 6.54 Å². The molecule has 1 amide bonds. The average molecular weight is 372 g/mol. The number of aryl methyl sites for hydroxylation is 3. The topological polar surface area (TPSA) is 38.3 Å². The summed E-state index contributed by atoms with van der Waals surface area (Å²) in [5, 5.41) is 2.83. The highest BCUT2D eigenvalue weighted by Gasteiger charge is 2.15. The summed E-state index contributed by atoms with van der Waals surface area (Å²) < 4.78 is 5.26. The molecule has 0 fully saturated rings. The van der Waals surface area contributed by atoms with Gasteiger partial charge >= 0.3 is 6.09 Å². The van der Waals surface area contributed by atoms with E-state index in [0.717, 1.165) is 12.8 Å². The molecule has 0 saturated carbocycles. The minimum atomic E-state index is -0.459. The number of hydrogen-bond donors (Lipinski definition) is 1. The number of rotatable bonds is 6.